The summed E-state index contributed by atoms with van der Waals surface area (Å²) in [5.41, 5.74) is 2.82. The van der Waals surface area contributed by atoms with Gasteiger partial charge in [-0.25, -0.2) is 9.97 Å². The van der Waals surface area contributed by atoms with Gasteiger partial charge >= 0.3 is 0 Å². The zero-order chi connectivity index (χ0) is 15.2. The molecule has 1 atom stereocenters. The summed E-state index contributed by atoms with van der Waals surface area (Å²) in [4.78, 5) is 20.7. The van der Waals surface area contributed by atoms with E-state index in [0.717, 1.165) is 28.4 Å². The lowest BCUT2D eigenvalue weighted by Gasteiger charge is -2.15. The first-order chi connectivity index (χ1) is 10.1. The third-order valence-corrected chi connectivity index (χ3v) is 4.40. The molecule has 21 heavy (non-hydrogen) atoms. The van der Waals surface area contributed by atoms with E-state index in [-0.39, 0.29) is 11.2 Å². The number of carbonyl (C=O) groups excluding carboxylic acids is 1. The number of amides is 1. The van der Waals surface area contributed by atoms with Crippen LogP contribution in [0.15, 0.2) is 41.7 Å². The maximum absolute atomic E-state index is 12.4. The predicted molar refractivity (Wildman–Crippen MR) is 86.5 cm³/mol. The summed E-state index contributed by atoms with van der Waals surface area (Å²) >= 11 is 1.47. The number of rotatable bonds is 5. The first kappa shape index (κ1) is 15.5. The molecule has 0 radical (unpaired) electrons. The van der Waals surface area contributed by atoms with E-state index >= 15 is 0 Å². The Morgan fingerprint density at radius 1 is 1.29 bits per heavy atom. The first-order valence-electron chi connectivity index (χ1n) is 6.92. The van der Waals surface area contributed by atoms with Crippen molar-refractivity contribution in [2.24, 2.45) is 0 Å². The number of anilines is 1. The second-order valence-corrected chi connectivity index (χ2v) is 6.04. The Balaban J connectivity index is 2.07. The van der Waals surface area contributed by atoms with Gasteiger partial charge in [0.25, 0.3) is 0 Å². The molecule has 4 nitrogen and oxygen atoms in total. The summed E-state index contributed by atoms with van der Waals surface area (Å²) in [6, 6.07) is 9.68. The van der Waals surface area contributed by atoms with Crippen molar-refractivity contribution in [1.82, 2.24) is 9.97 Å². The van der Waals surface area contributed by atoms with Crippen LogP contribution in [0.2, 0.25) is 0 Å². The highest BCUT2D eigenvalue weighted by molar-refractivity contribution is 8.00. The zero-order valence-electron chi connectivity index (χ0n) is 12.5. The fraction of sp³-hybridized carbons (Fsp3) is 0.312. The average Bonchev–Trinajstić information content (AvgIpc) is 2.47. The number of thioether (sulfide) groups is 1. The summed E-state index contributed by atoms with van der Waals surface area (Å²) in [6.07, 6.45) is 2.27. The zero-order valence-corrected chi connectivity index (χ0v) is 13.3. The molecule has 2 rings (SSSR count). The maximum atomic E-state index is 12.4. The van der Waals surface area contributed by atoms with Gasteiger partial charge in [0, 0.05) is 11.4 Å². The molecule has 5 heteroatoms. The summed E-state index contributed by atoms with van der Waals surface area (Å²) in [7, 11) is 0. The van der Waals surface area contributed by atoms with Gasteiger partial charge in [0.05, 0.1) is 5.25 Å². The second-order valence-electron chi connectivity index (χ2n) is 4.82. The predicted octanol–water partition coefficient (Wildman–Crippen LogP) is 3.60. The molecule has 0 unspecified atom stereocenters. The van der Waals surface area contributed by atoms with Gasteiger partial charge in [0.2, 0.25) is 5.91 Å². The SMILES string of the molecule is CC[C@H](Sc1cc(C)ncn1)C(=O)Nc1ccccc1C. The molecule has 110 valence electrons. The van der Waals surface area contributed by atoms with E-state index < -0.39 is 0 Å². The quantitative estimate of drug-likeness (QED) is 0.677. The Hall–Kier alpha value is -1.88. The van der Waals surface area contributed by atoms with Crippen LogP contribution in [0.5, 0.6) is 0 Å². The smallest absolute Gasteiger partial charge is 0.237 e. The fourth-order valence-electron chi connectivity index (χ4n) is 1.89. The Morgan fingerprint density at radius 3 is 2.71 bits per heavy atom. The van der Waals surface area contributed by atoms with Gasteiger partial charge in [-0.15, -0.1) is 0 Å². The van der Waals surface area contributed by atoms with Gasteiger partial charge in [-0.05, 0) is 38.0 Å². The van der Waals surface area contributed by atoms with E-state index in [1.54, 1.807) is 0 Å². The van der Waals surface area contributed by atoms with Gasteiger partial charge < -0.3 is 5.32 Å². The Kier molecular flexibility index (Phi) is 5.33. The second kappa shape index (κ2) is 7.22. The van der Waals surface area contributed by atoms with E-state index in [0.29, 0.717) is 0 Å². The van der Waals surface area contributed by atoms with Crippen LogP contribution >= 0.6 is 11.8 Å². The van der Waals surface area contributed by atoms with E-state index in [1.165, 1.54) is 18.1 Å². The first-order valence-corrected chi connectivity index (χ1v) is 7.80. The van der Waals surface area contributed by atoms with Crippen molar-refractivity contribution in [2.45, 2.75) is 37.5 Å². The monoisotopic (exact) mass is 301 g/mol. The molecular formula is C16H19N3OS. The van der Waals surface area contributed by atoms with Crippen molar-refractivity contribution in [3.8, 4) is 0 Å². The highest BCUT2D eigenvalue weighted by Gasteiger charge is 2.19. The van der Waals surface area contributed by atoms with E-state index in [2.05, 4.69) is 15.3 Å². The van der Waals surface area contributed by atoms with Crippen LogP contribution < -0.4 is 5.32 Å². The molecule has 0 aliphatic rings. The summed E-state index contributed by atoms with van der Waals surface area (Å²) < 4.78 is 0. The van der Waals surface area contributed by atoms with Crippen LogP contribution in [0.3, 0.4) is 0 Å². The molecule has 0 aliphatic heterocycles. The average molecular weight is 301 g/mol. The largest absolute Gasteiger partial charge is 0.325 e. The van der Waals surface area contributed by atoms with Crippen molar-refractivity contribution in [3.63, 3.8) is 0 Å². The van der Waals surface area contributed by atoms with Crippen LogP contribution in [0.1, 0.15) is 24.6 Å². The van der Waals surface area contributed by atoms with Crippen LogP contribution in [0.4, 0.5) is 5.69 Å². The Morgan fingerprint density at radius 2 is 2.05 bits per heavy atom. The van der Waals surface area contributed by atoms with Gasteiger partial charge in [0.1, 0.15) is 11.4 Å². The Labute approximate surface area is 129 Å². The molecule has 1 aromatic heterocycles. The highest BCUT2D eigenvalue weighted by Crippen LogP contribution is 2.25. The van der Waals surface area contributed by atoms with Crippen LogP contribution in [-0.2, 0) is 4.79 Å². The molecule has 1 amide bonds. The van der Waals surface area contributed by atoms with Crippen molar-refractivity contribution in [1.29, 1.82) is 0 Å². The van der Waals surface area contributed by atoms with Crippen molar-refractivity contribution in [3.05, 3.63) is 47.9 Å². The molecule has 1 N–H and O–H groups in total. The Bertz CT molecular complexity index is 630. The lowest BCUT2D eigenvalue weighted by Crippen LogP contribution is -2.25. The maximum Gasteiger partial charge on any atom is 0.237 e. The number of nitrogens with one attached hydrogen (secondary N) is 1. The molecule has 0 saturated heterocycles. The highest BCUT2D eigenvalue weighted by atomic mass is 32.2. The molecule has 0 aliphatic carbocycles. The minimum absolute atomic E-state index is 0.00747. The molecule has 0 bridgehead atoms. The van der Waals surface area contributed by atoms with Crippen molar-refractivity contribution >= 4 is 23.4 Å². The minimum atomic E-state index is -0.168. The number of hydrogen-bond donors (Lipinski definition) is 1. The molecule has 0 saturated carbocycles. The van der Waals surface area contributed by atoms with Gasteiger partial charge in [-0.2, -0.15) is 0 Å². The van der Waals surface area contributed by atoms with Crippen LogP contribution in [0, 0.1) is 13.8 Å². The molecular weight excluding hydrogens is 282 g/mol. The van der Waals surface area contributed by atoms with Crippen molar-refractivity contribution < 1.29 is 4.79 Å². The third kappa shape index (κ3) is 4.29. The number of aryl methyl sites for hydroxylation is 2. The molecule has 0 fully saturated rings. The number of nitrogens with zero attached hydrogens (tertiary/aromatic N) is 2. The van der Waals surface area contributed by atoms with E-state index in [9.17, 15) is 4.79 Å². The van der Waals surface area contributed by atoms with Gasteiger partial charge in [0.15, 0.2) is 0 Å². The summed E-state index contributed by atoms with van der Waals surface area (Å²) in [5.74, 6) is 0.00747. The summed E-state index contributed by atoms with van der Waals surface area (Å²) in [5, 5.41) is 3.65. The molecule has 1 heterocycles. The number of carbonyl (C=O) groups is 1. The van der Waals surface area contributed by atoms with Crippen LogP contribution in [0.25, 0.3) is 0 Å². The van der Waals surface area contributed by atoms with E-state index in [1.807, 2.05) is 51.1 Å². The minimum Gasteiger partial charge on any atom is -0.325 e. The molecule has 0 spiro atoms. The number of aromatic nitrogens is 2. The van der Waals surface area contributed by atoms with Gasteiger partial charge in [-0.1, -0.05) is 36.9 Å². The third-order valence-electron chi connectivity index (χ3n) is 3.11. The lowest BCUT2D eigenvalue weighted by molar-refractivity contribution is -0.115. The fourth-order valence-corrected chi connectivity index (χ4v) is 2.86. The van der Waals surface area contributed by atoms with Gasteiger partial charge in [-0.3, -0.25) is 4.79 Å². The number of hydrogen-bond acceptors (Lipinski definition) is 4. The summed E-state index contributed by atoms with van der Waals surface area (Å²) in [6.45, 7) is 5.90. The molecule has 1 aromatic carbocycles. The topological polar surface area (TPSA) is 54.9 Å². The number of para-hydroxylation sites is 1. The molecule has 2 aromatic rings. The number of benzene rings is 1. The van der Waals surface area contributed by atoms with Crippen LogP contribution in [-0.4, -0.2) is 21.1 Å². The standard InChI is InChI=1S/C16H19N3OS/c1-4-14(21-15-9-12(3)17-10-18-15)16(20)19-13-8-6-5-7-11(13)2/h5-10,14H,4H2,1-3H3,(H,19,20)/t14-/m0/s1. The van der Waals surface area contributed by atoms with Crippen molar-refractivity contribution in [2.75, 3.05) is 5.32 Å². The normalized spacial score (nSPS) is 12.0. The van der Waals surface area contributed by atoms with E-state index in [4.69, 9.17) is 0 Å². The lowest BCUT2D eigenvalue weighted by atomic mass is 10.2.